The van der Waals surface area contributed by atoms with Gasteiger partial charge in [0.25, 0.3) is 0 Å². The second-order valence-corrected chi connectivity index (χ2v) is 7.49. The van der Waals surface area contributed by atoms with Crippen LogP contribution in [-0.2, 0) is 4.79 Å². The minimum atomic E-state index is -0.148. The number of hydrogen-bond donors (Lipinski definition) is 2. The van der Waals surface area contributed by atoms with Gasteiger partial charge in [-0.25, -0.2) is 0 Å². The van der Waals surface area contributed by atoms with Crippen LogP contribution in [0, 0.1) is 13.8 Å². The summed E-state index contributed by atoms with van der Waals surface area (Å²) in [7, 11) is 3.26. The molecule has 7 heteroatoms. The first-order valence-electron chi connectivity index (χ1n) is 9.27. The van der Waals surface area contributed by atoms with Gasteiger partial charge in [-0.05, 0) is 65.8 Å². The standard InChI is InChI=1S/C22H25N3O3S/c1-13-9-16(11-20(28-4)14(13)2)22-17(12-24-29-22)15-5-6-19(27-3)18(10-15)25-21(26)7-8-23/h5-6,9-12H,7-8,23H2,1-4H3,(H,25,26). The number of nitrogens with zero attached hydrogens (tertiary/aromatic N) is 1. The molecule has 0 aliphatic heterocycles. The molecular weight excluding hydrogens is 386 g/mol. The van der Waals surface area contributed by atoms with Crippen LogP contribution >= 0.6 is 11.5 Å². The van der Waals surface area contributed by atoms with Gasteiger partial charge in [0.05, 0.1) is 24.8 Å². The second kappa shape index (κ2) is 9.07. The van der Waals surface area contributed by atoms with E-state index in [1.165, 1.54) is 11.5 Å². The molecule has 1 aromatic heterocycles. The van der Waals surface area contributed by atoms with Crippen molar-refractivity contribution in [3.63, 3.8) is 0 Å². The summed E-state index contributed by atoms with van der Waals surface area (Å²) in [4.78, 5) is 13.1. The molecular formula is C22H25N3O3S. The van der Waals surface area contributed by atoms with Gasteiger partial charge >= 0.3 is 0 Å². The topological polar surface area (TPSA) is 86.5 Å². The molecule has 0 atom stereocenters. The average Bonchev–Trinajstić information content (AvgIpc) is 3.20. The fraction of sp³-hybridized carbons (Fsp3) is 0.273. The number of carbonyl (C=O) groups is 1. The number of amides is 1. The van der Waals surface area contributed by atoms with Crippen LogP contribution in [0.25, 0.3) is 21.6 Å². The molecule has 3 N–H and O–H groups in total. The Balaban J connectivity index is 2.05. The first kappa shape index (κ1) is 20.8. The molecule has 2 aromatic carbocycles. The second-order valence-electron chi connectivity index (χ2n) is 6.69. The monoisotopic (exact) mass is 411 g/mol. The number of carbonyl (C=O) groups excluding carboxylic acids is 1. The van der Waals surface area contributed by atoms with Crippen molar-refractivity contribution in [3.05, 3.63) is 47.7 Å². The van der Waals surface area contributed by atoms with Crippen LogP contribution < -0.4 is 20.5 Å². The van der Waals surface area contributed by atoms with Crippen molar-refractivity contribution in [3.8, 4) is 33.1 Å². The number of hydrogen-bond acceptors (Lipinski definition) is 6. The summed E-state index contributed by atoms with van der Waals surface area (Å²) in [5.74, 6) is 1.30. The molecule has 1 heterocycles. The van der Waals surface area contributed by atoms with E-state index in [9.17, 15) is 4.79 Å². The summed E-state index contributed by atoms with van der Waals surface area (Å²) in [5, 5.41) is 2.88. The van der Waals surface area contributed by atoms with Crippen molar-refractivity contribution in [1.82, 2.24) is 4.37 Å². The van der Waals surface area contributed by atoms with E-state index in [0.717, 1.165) is 38.4 Å². The third kappa shape index (κ3) is 4.41. The van der Waals surface area contributed by atoms with E-state index < -0.39 is 0 Å². The molecule has 0 bridgehead atoms. The largest absolute Gasteiger partial charge is 0.496 e. The fourth-order valence-electron chi connectivity index (χ4n) is 3.14. The Morgan fingerprint density at radius 1 is 1.10 bits per heavy atom. The van der Waals surface area contributed by atoms with Crippen LogP contribution in [0.3, 0.4) is 0 Å². The molecule has 0 saturated heterocycles. The maximum Gasteiger partial charge on any atom is 0.225 e. The fourth-order valence-corrected chi connectivity index (χ4v) is 3.90. The molecule has 152 valence electrons. The quantitative estimate of drug-likeness (QED) is 0.602. The zero-order valence-electron chi connectivity index (χ0n) is 17.0. The molecule has 0 spiro atoms. The molecule has 3 aromatic rings. The van der Waals surface area contributed by atoms with Gasteiger partial charge in [-0.3, -0.25) is 4.79 Å². The van der Waals surface area contributed by atoms with Gasteiger partial charge in [0.1, 0.15) is 11.5 Å². The van der Waals surface area contributed by atoms with Crippen LogP contribution in [0.5, 0.6) is 11.5 Å². The number of nitrogens with two attached hydrogens (primary N) is 1. The highest BCUT2D eigenvalue weighted by molar-refractivity contribution is 7.10. The smallest absolute Gasteiger partial charge is 0.225 e. The molecule has 0 radical (unpaired) electrons. The van der Waals surface area contributed by atoms with Crippen molar-refractivity contribution < 1.29 is 14.3 Å². The summed E-state index contributed by atoms with van der Waals surface area (Å²) in [6.07, 6.45) is 2.09. The van der Waals surface area contributed by atoms with Crippen molar-refractivity contribution in [2.75, 3.05) is 26.1 Å². The third-order valence-corrected chi connectivity index (χ3v) is 5.68. The van der Waals surface area contributed by atoms with Gasteiger partial charge in [0.15, 0.2) is 0 Å². The first-order chi connectivity index (χ1) is 14.0. The predicted molar refractivity (Wildman–Crippen MR) is 118 cm³/mol. The minimum absolute atomic E-state index is 0.148. The summed E-state index contributed by atoms with van der Waals surface area (Å²) < 4.78 is 15.3. The van der Waals surface area contributed by atoms with Crippen molar-refractivity contribution >= 4 is 23.1 Å². The minimum Gasteiger partial charge on any atom is -0.496 e. The zero-order valence-corrected chi connectivity index (χ0v) is 17.9. The molecule has 0 saturated carbocycles. The Labute approximate surface area is 174 Å². The Kier molecular flexibility index (Phi) is 6.51. The maximum absolute atomic E-state index is 12.0. The molecule has 0 aliphatic carbocycles. The molecule has 0 unspecified atom stereocenters. The summed E-state index contributed by atoms with van der Waals surface area (Å²) >= 11 is 1.43. The zero-order chi connectivity index (χ0) is 21.0. The summed E-state index contributed by atoms with van der Waals surface area (Å²) in [5.41, 5.74) is 11.3. The van der Waals surface area contributed by atoms with Gasteiger partial charge in [0, 0.05) is 24.7 Å². The van der Waals surface area contributed by atoms with Gasteiger partial charge in [-0.15, -0.1) is 0 Å². The highest BCUT2D eigenvalue weighted by Gasteiger charge is 2.16. The van der Waals surface area contributed by atoms with E-state index in [1.54, 1.807) is 14.2 Å². The number of ether oxygens (including phenoxy) is 2. The molecule has 1 amide bonds. The lowest BCUT2D eigenvalue weighted by atomic mass is 9.99. The van der Waals surface area contributed by atoms with E-state index >= 15 is 0 Å². The molecule has 3 rings (SSSR count). The van der Waals surface area contributed by atoms with E-state index in [4.69, 9.17) is 15.2 Å². The lowest BCUT2D eigenvalue weighted by Gasteiger charge is -2.13. The van der Waals surface area contributed by atoms with Crippen molar-refractivity contribution in [2.45, 2.75) is 20.3 Å². The molecule has 6 nitrogen and oxygen atoms in total. The van der Waals surface area contributed by atoms with Crippen molar-refractivity contribution in [2.24, 2.45) is 5.73 Å². The molecule has 0 aliphatic rings. The van der Waals surface area contributed by atoms with Gasteiger partial charge in [-0.2, -0.15) is 4.37 Å². The van der Waals surface area contributed by atoms with Crippen LogP contribution in [0.15, 0.2) is 36.5 Å². The van der Waals surface area contributed by atoms with Gasteiger partial charge in [-0.1, -0.05) is 12.1 Å². The number of nitrogens with one attached hydrogen (secondary N) is 1. The Bertz CT molecular complexity index is 1030. The Hall–Kier alpha value is -2.90. The van der Waals surface area contributed by atoms with E-state index in [1.807, 2.05) is 37.4 Å². The number of aryl methyl sites for hydroxylation is 1. The maximum atomic E-state index is 12.0. The Morgan fingerprint density at radius 2 is 1.86 bits per heavy atom. The number of anilines is 1. The highest BCUT2D eigenvalue weighted by Crippen LogP contribution is 2.40. The van der Waals surface area contributed by atoms with Gasteiger partial charge in [0.2, 0.25) is 5.91 Å². The third-order valence-electron chi connectivity index (χ3n) is 4.83. The number of rotatable bonds is 7. The average molecular weight is 412 g/mol. The van der Waals surface area contributed by atoms with E-state index in [0.29, 0.717) is 18.0 Å². The van der Waals surface area contributed by atoms with Crippen molar-refractivity contribution in [1.29, 1.82) is 0 Å². The van der Waals surface area contributed by atoms with Crippen LogP contribution in [0.1, 0.15) is 17.5 Å². The Morgan fingerprint density at radius 3 is 2.55 bits per heavy atom. The normalized spacial score (nSPS) is 10.7. The lowest BCUT2D eigenvalue weighted by molar-refractivity contribution is -0.116. The van der Waals surface area contributed by atoms with E-state index in [-0.39, 0.29) is 12.3 Å². The molecule has 29 heavy (non-hydrogen) atoms. The SMILES string of the molecule is COc1ccc(-c2cnsc2-c2cc(C)c(C)c(OC)c2)cc1NC(=O)CCN. The number of aromatic nitrogens is 1. The predicted octanol–water partition coefficient (Wildman–Crippen LogP) is 4.40. The van der Waals surface area contributed by atoms with Crippen LogP contribution in [0.4, 0.5) is 5.69 Å². The van der Waals surface area contributed by atoms with Gasteiger partial charge < -0.3 is 20.5 Å². The number of methoxy groups -OCH3 is 2. The highest BCUT2D eigenvalue weighted by atomic mass is 32.1. The summed E-state index contributed by atoms with van der Waals surface area (Å²) in [6, 6.07) is 9.88. The van der Waals surface area contributed by atoms with E-state index in [2.05, 4.69) is 22.7 Å². The van der Waals surface area contributed by atoms with Crippen LogP contribution in [0.2, 0.25) is 0 Å². The van der Waals surface area contributed by atoms with Crippen LogP contribution in [-0.4, -0.2) is 31.0 Å². The first-order valence-corrected chi connectivity index (χ1v) is 10.0. The number of benzene rings is 2. The molecule has 0 fully saturated rings. The summed E-state index contributed by atoms with van der Waals surface area (Å²) in [6.45, 7) is 4.41. The lowest BCUT2D eigenvalue weighted by Crippen LogP contribution is -2.16.